The van der Waals surface area contributed by atoms with Crippen molar-refractivity contribution in [3.8, 4) is 0 Å². The minimum absolute atomic E-state index is 0.0758. The van der Waals surface area contributed by atoms with Gasteiger partial charge in [-0.3, -0.25) is 9.48 Å². The van der Waals surface area contributed by atoms with Gasteiger partial charge in [0, 0.05) is 25.8 Å². The molecular formula is C16H23N5OS. The summed E-state index contributed by atoms with van der Waals surface area (Å²) in [6.45, 7) is 7.49. The number of carbonyl (C=O) groups excluding carboxylic acids is 1. The van der Waals surface area contributed by atoms with E-state index in [4.69, 9.17) is 0 Å². The van der Waals surface area contributed by atoms with Crippen molar-refractivity contribution in [3.63, 3.8) is 0 Å². The van der Waals surface area contributed by atoms with Gasteiger partial charge in [0.05, 0.1) is 23.0 Å². The molecule has 0 aromatic carbocycles. The fraction of sp³-hybridized carbons (Fsp3) is 0.562. The van der Waals surface area contributed by atoms with E-state index in [1.807, 2.05) is 25.8 Å². The van der Waals surface area contributed by atoms with Crippen LogP contribution < -0.4 is 5.32 Å². The molecule has 2 aromatic rings. The Hall–Kier alpha value is -1.89. The molecule has 1 amide bonds. The highest BCUT2D eigenvalue weighted by molar-refractivity contribution is 7.10. The first-order chi connectivity index (χ1) is 11.0. The van der Waals surface area contributed by atoms with Crippen molar-refractivity contribution >= 4 is 22.4 Å². The summed E-state index contributed by atoms with van der Waals surface area (Å²) in [6, 6.07) is 2.35. The van der Waals surface area contributed by atoms with Crippen LogP contribution in [0.15, 0.2) is 6.07 Å². The third-order valence-corrected chi connectivity index (χ3v) is 5.33. The van der Waals surface area contributed by atoms with Gasteiger partial charge in [-0.15, -0.1) is 0 Å². The van der Waals surface area contributed by atoms with Crippen molar-refractivity contribution in [2.24, 2.45) is 0 Å². The Labute approximate surface area is 140 Å². The smallest absolute Gasteiger partial charge is 0.258 e. The lowest BCUT2D eigenvalue weighted by Crippen LogP contribution is -2.41. The van der Waals surface area contributed by atoms with Crippen LogP contribution >= 0.6 is 11.5 Å². The number of aryl methyl sites for hydroxylation is 3. The van der Waals surface area contributed by atoms with Gasteiger partial charge in [0.15, 0.2) is 0 Å². The molecule has 0 spiro atoms. The number of nitrogens with one attached hydrogen (secondary N) is 1. The fourth-order valence-corrected chi connectivity index (χ4v) is 4.04. The molecule has 7 heteroatoms. The average Bonchev–Trinajstić information content (AvgIpc) is 3.08. The van der Waals surface area contributed by atoms with Gasteiger partial charge < -0.3 is 10.2 Å². The van der Waals surface area contributed by atoms with Gasteiger partial charge in [-0.25, -0.2) is 0 Å². The minimum atomic E-state index is 0.0758. The fourth-order valence-electron chi connectivity index (χ4n) is 3.30. The van der Waals surface area contributed by atoms with E-state index in [0.29, 0.717) is 12.1 Å². The van der Waals surface area contributed by atoms with Crippen LogP contribution in [0.4, 0.5) is 5.00 Å². The van der Waals surface area contributed by atoms with Crippen molar-refractivity contribution in [3.05, 3.63) is 28.7 Å². The van der Waals surface area contributed by atoms with Gasteiger partial charge in [0.2, 0.25) is 0 Å². The predicted octanol–water partition coefficient (Wildman–Crippen LogP) is 2.78. The van der Waals surface area contributed by atoms with Crippen molar-refractivity contribution in [2.75, 3.05) is 25.5 Å². The minimum Gasteiger partial charge on any atom is -0.378 e. The van der Waals surface area contributed by atoms with E-state index >= 15 is 0 Å². The molecule has 0 saturated carbocycles. The van der Waals surface area contributed by atoms with E-state index in [1.165, 1.54) is 11.5 Å². The molecule has 1 aliphatic heterocycles. The lowest BCUT2D eigenvalue weighted by atomic mass is 10.0. The molecule has 23 heavy (non-hydrogen) atoms. The molecule has 0 unspecified atom stereocenters. The Kier molecular flexibility index (Phi) is 4.39. The van der Waals surface area contributed by atoms with Crippen LogP contribution in [0.1, 0.15) is 46.3 Å². The number of rotatable bonds is 3. The maximum atomic E-state index is 13.0. The number of hydrogen-bond donors (Lipinski definition) is 1. The molecule has 1 fully saturated rings. The monoisotopic (exact) mass is 333 g/mol. The number of hydrogen-bond acceptors (Lipinski definition) is 5. The average molecular weight is 333 g/mol. The number of nitrogens with zero attached hydrogens (tertiary/aromatic N) is 4. The highest BCUT2D eigenvalue weighted by Crippen LogP contribution is 2.29. The van der Waals surface area contributed by atoms with Crippen LogP contribution in [0.5, 0.6) is 0 Å². The Morgan fingerprint density at radius 2 is 2.17 bits per heavy atom. The first kappa shape index (κ1) is 16.0. The van der Waals surface area contributed by atoms with Crippen LogP contribution in [0, 0.1) is 20.8 Å². The summed E-state index contributed by atoms with van der Waals surface area (Å²) < 4.78 is 6.39. The highest BCUT2D eigenvalue weighted by atomic mass is 32.1. The van der Waals surface area contributed by atoms with Gasteiger partial charge in [-0.1, -0.05) is 0 Å². The van der Waals surface area contributed by atoms with E-state index in [1.54, 1.807) is 0 Å². The molecule has 3 rings (SSSR count). The third-order valence-electron chi connectivity index (χ3n) is 4.38. The Morgan fingerprint density at radius 3 is 2.83 bits per heavy atom. The molecule has 1 atom stereocenters. The summed E-state index contributed by atoms with van der Waals surface area (Å²) in [5.74, 6) is 0.0758. The molecule has 1 N–H and O–H groups in total. The van der Waals surface area contributed by atoms with Gasteiger partial charge >= 0.3 is 0 Å². The molecule has 3 heterocycles. The first-order valence-corrected chi connectivity index (χ1v) is 8.74. The Bertz CT molecular complexity index is 720. The second-order valence-electron chi connectivity index (χ2n) is 6.14. The van der Waals surface area contributed by atoms with Crippen molar-refractivity contribution in [2.45, 2.75) is 39.7 Å². The van der Waals surface area contributed by atoms with Crippen LogP contribution in [0.3, 0.4) is 0 Å². The quantitative estimate of drug-likeness (QED) is 0.938. The second-order valence-corrected chi connectivity index (χ2v) is 6.91. The van der Waals surface area contributed by atoms with Crippen molar-refractivity contribution in [1.29, 1.82) is 0 Å². The molecular weight excluding hydrogens is 310 g/mol. The number of aromatic nitrogens is 3. The summed E-state index contributed by atoms with van der Waals surface area (Å²) in [6.07, 6.45) is 2.06. The van der Waals surface area contributed by atoms with Crippen molar-refractivity contribution in [1.82, 2.24) is 19.1 Å². The zero-order chi connectivity index (χ0) is 16.6. The number of carbonyl (C=O) groups is 1. The lowest BCUT2D eigenvalue weighted by molar-refractivity contribution is 0.0672. The van der Waals surface area contributed by atoms with Gasteiger partial charge in [0.25, 0.3) is 5.91 Å². The van der Waals surface area contributed by atoms with Gasteiger partial charge in [-0.2, -0.15) is 9.47 Å². The standard InChI is InChI=1S/C16H23N5OS/c1-10-8-11(2)21(18-10)13-6-5-7-20(9-13)16(22)14-12(3)19-23-15(14)17-4/h8,13,17H,5-7,9H2,1-4H3/t13-/m0/s1. The van der Waals surface area contributed by atoms with E-state index in [-0.39, 0.29) is 11.9 Å². The van der Waals surface area contributed by atoms with Gasteiger partial charge in [-0.05, 0) is 51.2 Å². The molecule has 2 aromatic heterocycles. The van der Waals surface area contributed by atoms with Crippen LogP contribution in [-0.4, -0.2) is 45.1 Å². The van der Waals surface area contributed by atoms with E-state index in [9.17, 15) is 4.79 Å². The molecule has 0 bridgehead atoms. The Balaban J connectivity index is 1.82. The number of anilines is 1. The SMILES string of the molecule is CNc1snc(C)c1C(=O)N1CCC[C@H](n2nc(C)cc2C)C1. The highest BCUT2D eigenvalue weighted by Gasteiger charge is 2.29. The van der Waals surface area contributed by atoms with E-state index in [2.05, 4.69) is 32.5 Å². The largest absolute Gasteiger partial charge is 0.378 e. The number of likely N-dealkylation sites (tertiary alicyclic amines) is 1. The summed E-state index contributed by atoms with van der Waals surface area (Å²) in [4.78, 5) is 14.9. The molecule has 0 radical (unpaired) electrons. The zero-order valence-electron chi connectivity index (χ0n) is 14.1. The summed E-state index contributed by atoms with van der Waals surface area (Å²) >= 11 is 1.35. The van der Waals surface area contributed by atoms with Crippen LogP contribution in [-0.2, 0) is 0 Å². The van der Waals surface area contributed by atoms with E-state index in [0.717, 1.165) is 41.5 Å². The second kappa shape index (κ2) is 6.31. The van der Waals surface area contributed by atoms with Crippen LogP contribution in [0.25, 0.3) is 0 Å². The zero-order valence-corrected chi connectivity index (χ0v) is 14.9. The summed E-state index contributed by atoms with van der Waals surface area (Å²) in [7, 11) is 1.83. The maximum Gasteiger partial charge on any atom is 0.258 e. The summed E-state index contributed by atoms with van der Waals surface area (Å²) in [5, 5.41) is 8.53. The number of piperidine rings is 1. The van der Waals surface area contributed by atoms with E-state index < -0.39 is 0 Å². The molecule has 6 nitrogen and oxygen atoms in total. The number of amides is 1. The maximum absolute atomic E-state index is 13.0. The normalized spacial score (nSPS) is 18.3. The first-order valence-electron chi connectivity index (χ1n) is 7.97. The van der Waals surface area contributed by atoms with Gasteiger partial charge in [0.1, 0.15) is 5.00 Å². The molecule has 124 valence electrons. The topological polar surface area (TPSA) is 63.1 Å². The molecule has 1 aliphatic rings. The molecule has 0 aliphatic carbocycles. The van der Waals surface area contributed by atoms with Crippen LogP contribution in [0.2, 0.25) is 0 Å². The molecule has 1 saturated heterocycles. The van der Waals surface area contributed by atoms with Crippen molar-refractivity contribution < 1.29 is 4.79 Å². The third kappa shape index (κ3) is 2.97. The Morgan fingerprint density at radius 1 is 1.39 bits per heavy atom. The lowest BCUT2D eigenvalue weighted by Gasteiger charge is -2.33. The predicted molar refractivity (Wildman–Crippen MR) is 92.3 cm³/mol. The summed E-state index contributed by atoms with van der Waals surface area (Å²) in [5.41, 5.74) is 3.71.